The summed E-state index contributed by atoms with van der Waals surface area (Å²) in [7, 11) is 0. The summed E-state index contributed by atoms with van der Waals surface area (Å²) in [6, 6.07) is 4.87. The Kier molecular flexibility index (Phi) is 2.03. The fourth-order valence-corrected chi connectivity index (χ4v) is 1.17. The predicted molar refractivity (Wildman–Crippen MR) is 40.0 cm³/mol. The third-order valence-corrected chi connectivity index (χ3v) is 1.84. The van der Waals surface area contributed by atoms with Crippen LogP contribution in [0.5, 0.6) is 0 Å². The van der Waals surface area contributed by atoms with Gasteiger partial charge in [-0.25, -0.2) is 4.39 Å². The Hall–Kier alpha value is -0.150. The lowest BCUT2D eigenvalue weighted by Gasteiger charge is -1.93. The number of halogens is 2. The molecule has 3 heteroatoms. The van der Waals surface area contributed by atoms with E-state index in [1.807, 2.05) is 0 Å². The lowest BCUT2D eigenvalue weighted by atomic mass is 10.3. The van der Waals surface area contributed by atoms with Gasteiger partial charge in [-0.15, -0.1) is 0 Å². The van der Waals surface area contributed by atoms with Crippen LogP contribution in [-0.2, 0) is 0 Å². The average molecular weight is 206 g/mol. The van der Waals surface area contributed by atoms with Gasteiger partial charge in [0.2, 0.25) is 0 Å². The molecule has 0 N–H and O–H groups in total. The van der Waals surface area contributed by atoms with Crippen molar-refractivity contribution < 1.29 is 4.39 Å². The molecule has 0 unspecified atom stereocenters. The van der Waals surface area contributed by atoms with E-state index in [-0.39, 0.29) is 10.7 Å². The number of benzene rings is 1. The molecule has 0 saturated heterocycles. The molecule has 0 amide bonds. The second-order valence-electron chi connectivity index (χ2n) is 1.55. The van der Waals surface area contributed by atoms with Crippen molar-refractivity contribution in [3.63, 3.8) is 0 Å². The molecular weight excluding hydrogens is 203 g/mol. The molecule has 0 bridgehead atoms. The molecule has 1 aromatic carbocycles. The first kappa shape index (κ1) is 6.96. The molecule has 1 radical (unpaired) electrons. The Labute approximate surface area is 66.6 Å². The van der Waals surface area contributed by atoms with Gasteiger partial charge in [0.25, 0.3) is 0 Å². The highest BCUT2D eigenvalue weighted by Crippen LogP contribution is 2.20. The molecule has 0 aliphatic rings. The van der Waals surface area contributed by atoms with E-state index < -0.39 is 0 Å². The van der Waals surface area contributed by atoms with Crippen LogP contribution in [0.25, 0.3) is 0 Å². The summed E-state index contributed by atoms with van der Waals surface area (Å²) in [5.41, 5.74) is 0. The van der Waals surface area contributed by atoms with Crippen LogP contribution in [-0.4, -0.2) is 0 Å². The van der Waals surface area contributed by atoms with Gasteiger partial charge in [0.05, 0.1) is 9.37 Å². The quantitative estimate of drug-likeness (QED) is 0.611. The Balaban J connectivity index is 3.25. The highest BCUT2D eigenvalue weighted by molar-refractivity contribution is 9.10. The van der Waals surface area contributed by atoms with Crippen molar-refractivity contribution >= 4 is 28.6 Å². The zero-order valence-corrected chi connectivity index (χ0v) is 6.80. The summed E-state index contributed by atoms with van der Waals surface area (Å²) in [6.07, 6.45) is 0. The molecule has 0 saturated carbocycles. The van der Waals surface area contributed by atoms with Crippen molar-refractivity contribution in [2.45, 2.75) is 4.90 Å². The van der Waals surface area contributed by atoms with Crippen molar-refractivity contribution in [3.05, 3.63) is 28.5 Å². The average Bonchev–Trinajstić information content (AvgIpc) is 1.83. The van der Waals surface area contributed by atoms with Crippen LogP contribution in [0, 0.1) is 5.82 Å². The van der Waals surface area contributed by atoms with Crippen molar-refractivity contribution in [3.8, 4) is 0 Å². The first-order valence-corrected chi connectivity index (χ1v) is 3.53. The molecule has 0 aromatic heterocycles. The standard InChI is InChI=1S/C6H3BrFS/c7-4-2-1-3-5(9)6(4)8/h1-3H. The molecule has 1 aromatic rings. The molecule has 0 fully saturated rings. The Morgan fingerprint density at radius 1 is 1.44 bits per heavy atom. The smallest absolute Gasteiger partial charge is 0.155 e. The van der Waals surface area contributed by atoms with Crippen LogP contribution in [0.4, 0.5) is 4.39 Å². The Bertz CT molecular complexity index is 204. The van der Waals surface area contributed by atoms with E-state index in [1.165, 1.54) is 0 Å². The van der Waals surface area contributed by atoms with E-state index >= 15 is 0 Å². The van der Waals surface area contributed by atoms with Crippen molar-refractivity contribution in [2.24, 2.45) is 0 Å². The zero-order chi connectivity index (χ0) is 6.85. The van der Waals surface area contributed by atoms with Crippen LogP contribution in [0.1, 0.15) is 0 Å². The fourth-order valence-electron chi connectivity index (χ4n) is 0.484. The minimum Gasteiger partial charge on any atom is -0.204 e. The van der Waals surface area contributed by atoms with Crippen LogP contribution in [0.2, 0.25) is 0 Å². The van der Waals surface area contributed by atoms with E-state index in [0.29, 0.717) is 4.47 Å². The van der Waals surface area contributed by atoms with Gasteiger partial charge in [-0.3, -0.25) is 0 Å². The van der Waals surface area contributed by atoms with Gasteiger partial charge >= 0.3 is 0 Å². The number of hydrogen-bond acceptors (Lipinski definition) is 0. The second kappa shape index (κ2) is 2.62. The normalized spacial score (nSPS) is 9.56. The van der Waals surface area contributed by atoms with E-state index in [2.05, 4.69) is 28.6 Å². The van der Waals surface area contributed by atoms with Gasteiger partial charge in [0.15, 0.2) is 5.82 Å². The molecular formula is C6H3BrFS. The first-order chi connectivity index (χ1) is 4.22. The van der Waals surface area contributed by atoms with Crippen molar-refractivity contribution in [1.29, 1.82) is 0 Å². The lowest BCUT2D eigenvalue weighted by Crippen LogP contribution is -1.76. The summed E-state index contributed by atoms with van der Waals surface area (Å²) in [4.78, 5) is 0.254. The Morgan fingerprint density at radius 2 is 2.11 bits per heavy atom. The molecule has 1 rings (SSSR count). The topological polar surface area (TPSA) is 0 Å². The lowest BCUT2D eigenvalue weighted by molar-refractivity contribution is 0.596. The fraction of sp³-hybridized carbons (Fsp3) is 0. The molecule has 0 spiro atoms. The second-order valence-corrected chi connectivity index (χ2v) is 2.85. The highest BCUT2D eigenvalue weighted by Gasteiger charge is 2.00. The summed E-state index contributed by atoms with van der Waals surface area (Å²) in [5, 5.41) is 0. The van der Waals surface area contributed by atoms with Crippen LogP contribution in [0.3, 0.4) is 0 Å². The first-order valence-electron chi connectivity index (χ1n) is 2.33. The minimum atomic E-state index is -0.354. The van der Waals surface area contributed by atoms with Gasteiger partial charge in [-0.2, -0.15) is 0 Å². The molecule has 0 nitrogen and oxygen atoms in total. The molecule has 0 aliphatic carbocycles. The van der Waals surface area contributed by atoms with E-state index in [9.17, 15) is 4.39 Å². The Morgan fingerprint density at radius 3 is 2.56 bits per heavy atom. The van der Waals surface area contributed by atoms with E-state index in [4.69, 9.17) is 0 Å². The van der Waals surface area contributed by atoms with Crippen molar-refractivity contribution in [1.82, 2.24) is 0 Å². The zero-order valence-electron chi connectivity index (χ0n) is 4.40. The number of hydrogen-bond donors (Lipinski definition) is 0. The van der Waals surface area contributed by atoms with Gasteiger partial charge in [0.1, 0.15) is 0 Å². The summed E-state index contributed by atoms with van der Waals surface area (Å²) < 4.78 is 13.0. The summed E-state index contributed by atoms with van der Waals surface area (Å²) in [5.74, 6) is -0.354. The van der Waals surface area contributed by atoms with Crippen LogP contribution < -0.4 is 0 Å². The maximum absolute atomic E-state index is 12.6. The SMILES string of the molecule is Fc1c([S])cccc1Br. The number of rotatable bonds is 0. The van der Waals surface area contributed by atoms with Crippen molar-refractivity contribution in [2.75, 3.05) is 0 Å². The van der Waals surface area contributed by atoms with Gasteiger partial charge in [-0.1, -0.05) is 18.7 Å². The largest absolute Gasteiger partial charge is 0.204 e. The van der Waals surface area contributed by atoms with E-state index in [0.717, 1.165) is 0 Å². The summed E-state index contributed by atoms with van der Waals surface area (Å²) in [6.45, 7) is 0. The maximum Gasteiger partial charge on any atom is 0.155 e. The van der Waals surface area contributed by atoms with Gasteiger partial charge in [0, 0.05) is 0 Å². The molecule has 47 valence electrons. The minimum absolute atomic E-state index is 0.254. The molecule has 0 atom stereocenters. The third-order valence-electron chi connectivity index (χ3n) is 0.916. The monoisotopic (exact) mass is 205 g/mol. The van der Waals surface area contributed by atoms with Crippen LogP contribution >= 0.6 is 28.6 Å². The van der Waals surface area contributed by atoms with Gasteiger partial charge in [-0.05, 0) is 28.1 Å². The van der Waals surface area contributed by atoms with E-state index in [1.54, 1.807) is 18.2 Å². The molecule has 0 aliphatic heterocycles. The predicted octanol–water partition coefficient (Wildman–Crippen LogP) is 3.14. The summed E-state index contributed by atoms with van der Waals surface area (Å²) >= 11 is 7.64. The third kappa shape index (κ3) is 1.40. The maximum atomic E-state index is 12.6. The van der Waals surface area contributed by atoms with Crippen LogP contribution in [0.15, 0.2) is 27.6 Å². The van der Waals surface area contributed by atoms with Gasteiger partial charge < -0.3 is 0 Å². The molecule has 0 heterocycles. The molecule has 9 heavy (non-hydrogen) atoms. The highest BCUT2D eigenvalue weighted by atomic mass is 79.9.